The molecule has 178 valence electrons. The third-order valence-corrected chi connectivity index (χ3v) is 5.00. The minimum Gasteiger partial charge on any atom is -0.484 e. The van der Waals surface area contributed by atoms with Crippen LogP contribution in [0.3, 0.4) is 0 Å². The Morgan fingerprint density at radius 2 is 1.85 bits per heavy atom. The molecule has 10 heteroatoms. The Bertz CT molecular complexity index is 1120. The summed E-state index contributed by atoms with van der Waals surface area (Å²) in [6.45, 7) is 9.70. The van der Waals surface area contributed by atoms with Gasteiger partial charge in [0.2, 0.25) is 5.28 Å². The highest BCUT2D eigenvalue weighted by molar-refractivity contribution is 6.33. The molecule has 0 atom stereocenters. The van der Waals surface area contributed by atoms with Crippen molar-refractivity contribution in [1.82, 2.24) is 20.3 Å². The van der Waals surface area contributed by atoms with Gasteiger partial charge in [0.25, 0.3) is 0 Å². The van der Waals surface area contributed by atoms with Crippen molar-refractivity contribution in [3.05, 3.63) is 46.5 Å². The van der Waals surface area contributed by atoms with Crippen molar-refractivity contribution in [2.75, 3.05) is 18.5 Å². The van der Waals surface area contributed by atoms with E-state index in [4.69, 9.17) is 32.7 Å². The van der Waals surface area contributed by atoms with Crippen molar-refractivity contribution >= 4 is 46.0 Å². The molecule has 3 rings (SSSR count). The van der Waals surface area contributed by atoms with Crippen molar-refractivity contribution in [3.8, 4) is 5.75 Å². The number of carbonyl (C=O) groups excluding carboxylic acids is 1. The van der Waals surface area contributed by atoms with Gasteiger partial charge in [-0.25, -0.2) is 9.78 Å². The van der Waals surface area contributed by atoms with Gasteiger partial charge in [0, 0.05) is 23.6 Å². The summed E-state index contributed by atoms with van der Waals surface area (Å²) < 4.78 is 11.2. The SMILES string of the molecule is CC(C)(COc1c(Cl)nc(Cl)nc1NCCc1c[nH]c2ccccc12)NC(=O)OC(C)(C)C. The summed E-state index contributed by atoms with van der Waals surface area (Å²) >= 11 is 12.3. The third-order valence-electron chi connectivity index (χ3n) is 4.58. The fraction of sp³-hybridized carbons (Fsp3) is 0.435. The first-order valence-corrected chi connectivity index (χ1v) is 11.3. The molecule has 3 aromatic rings. The largest absolute Gasteiger partial charge is 0.484 e. The summed E-state index contributed by atoms with van der Waals surface area (Å²) in [5.41, 5.74) is 0.918. The molecule has 0 radical (unpaired) electrons. The molecule has 1 aromatic carbocycles. The number of carbonyl (C=O) groups is 1. The Morgan fingerprint density at radius 3 is 2.58 bits per heavy atom. The predicted molar refractivity (Wildman–Crippen MR) is 131 cm³/mol. The van der Waals surface area contributed by atoms with Crippen LogP contribution in [0.5, 0.6) is 5.75 Å². The Kier molecular flexibility index (Phi) is 7.59. The van der Waals surface area contributed by atoms with Crippen molar-refractivity contribution in [3.63, 3.8) is 0 Å². The number of halogens is 2. The number of rotatable bonds is 8. The van der Waals surface area contributed by atoms with E-state index >= 15 is 0 Å². The number of hydrogen-bond acceptors (Lipinski definition) is 6. The number of anilines is 1. The maximum atomic E-state index is 12.1. The number of H-pyrrole nitrogens is 1. The second-order valence-electron chi connectivity index (χ2n) is 9.30. The van der Waals surface area contributed by atoms with Crippen LogP contribution in [0, 0.1) is 0 Å². The molecule has 33 heavy (non-hydrogen) atoms. The van der Waals surface area contributed by atoms with Gasteiger partial charge in [-0.05, 0) is 64.3 Å². The summed E-state index contributed by atoms with van der Waals surface area (Å²) in [4.78, 5) is 23.6. The van der Waals surface area contributed by atoms with Crippen LogP contribution < -0.4 is 15.4 Å². The summed E-state index contributed by atoms with van der Waals surface area (Å²) in [5, 5.41) is 7.29. The number of aromatic amines is 1. The fourth-order valence-electron chi connectivity index (χ4n) is 3.17. The van der Waals surface area contributed by atoms with Gasteiger partial charge in [0.15, 0.2) is 16.7 Å². The number of hydrogen-bond donors (Lipinski definition) is 3. The van der Waals surface area contributed by atoms with Gasteiger partial charge in [-0.2, -0.15) is 4.98 Å². The first-order valence-electron chi connectivity index (χ1n) is 10.6. The maximum Gasteiger partial charge on any atom is 0.408 e. The first-order chi connectivity index (χ1) is 15.4. The Balaban J connectivity index is 1.65. The molecule has 2 heterocycles. The van der Waals surface area contributed by atoms with E-state index in [2.05, 4.69) is 31.7 Å². The molecule has 0 fully saturated rings. The van der Waals surface area contributed by atoms with Crippen LogP contribution in [0.1, 0.15) is 40.2 Å². The van der Waals surface area contributed by atoms with E-state index in [0.29, 0.717) is 12.4 Å². The number of aromatic nitrogens is 3. The molecule has 0 spiro atoms. The average Bonchev–Trinajstić information content (AvgIpc) is 3.08. The minimum atomic E-state index is -0.743. The summed E-state index contributed by atoms with van der Waals surface area (Å²) in [6.07, 6.45) is 2.20. The zero-order chi connectivity index (χ0) is 24.2. The van der Waals surface area contributed by atoms with E-state index in [1.807, 2.05) is 38.2 Å². The van der Waals surface area contributed by atoms with Gasteiger partial charge in [-0.3, -0.25) is 0 Å². The number of nitrogens with one attached hydrogen (secondary N) is 3. The predicted octanol–water partition coefficient (Wildman–Crippen LogP) is 5.60. The van der Waals surface area contributed by atoms with Crippen molar-refractivity contribution < 1.29 is 14.3 Å². The molecule has 0 bridgehead atoms. The van der Waals surface area contributed by atoms with Gasteiger partial charge >= 0.3 is 6.09 Å². The maximum absolute atomic E-state index is 12.1. The number of alkyl carbamates (subject to hydrolysis) is 1. The van der Waals surface area contributed by atoms with E-state index in [9.17, 15) is 4.79 Å². The van der Waals surface area contributed by atoms with E-state index in [-0.39, 0.29) is 22.8 Å². The molecule has 0 unspecified atom stereocenters. The molecule has 3 N–H and O–H groups in total. The molecular formula is C23H29Cl2N5O3. The average molecular weight is 494 g/mol. The van der Waals surface area contributed by atoms with Crippen LogP contribution in [0.25, 0.3) is 10.9 Å². The highest BCUT2D eigenvalue weighted by atomic mass is 35.5. The minimum absolute atomic E-state index is 0.00749. The number of nitrogens with zero attached hydrogens (tertiary/aromatic N) is 2. The summed E-state index contributed by atoms with van der Waals surface area (Å²) in [6, 6.07) is 8.12. The highest BCUT2D eigenvalue weighted by Gasteiger charge is 2.26. The molecule has 0 saturated carbocycles. The molecule has 0 aliphatic rings. The number of benzene rings is 1. The van der Waals surface area contributed by atoms with Crippen LogP contribution in [0.15, 0.2) is 30.5 Å². The fourth-order valence-corrected chi connectivity index (χ4v) is 3.60. The van der Waals surface area contributed by atoms with E-state index < -0.39 is 17.2 Å². The topological polar surface area (TPSA) is 101 Å². The monoisotopic (exact) mass is 493 g/mol. The van der Waals surface area contributed by atoms with Crippen LogP contribution in [-0.2, 0) is 11.2 Å². The van der Waals surface area contributed by atoms with Gasteiger partial charge in [-0.1, -0.05) is 29.8 Å². The van der Waals surface area contributed by atoms with Gasteiger partial charge in [-0.15, -0.1) is 0 Å². The first kappa shape index (κ1) is 24.9. The van der Waals surface area contributed by atoms with Crippen molar-refractivity contribution in [2.45, 2.75) is 52.2 Å². The van der Waals surface area contributed by atoms with Gasteiger partial charge in [0.1, 0.15) is 12.2 Å². The second-order valence-corrected chi connectivity index (χ2v) is 9.99. The summed E-state index contributed by atoms with van der Waals surface area (Å²) in [5.74, 6) is 0.645. The molecular weight excluding hydrogens is 465 g/mol. The molecule has 1 amide bonds. The quantitative estimate of drug-likeness (QED) is 0.278. The lowest BCUT2D eigenvalue weighted by molar-refractivity contribution is 0.0441. The Hall–Kier alpha value is -2.71. The van der Waals surface area contributed by atoms with E-state index in [1.54, 1.807) is 20.8 Å². The van der Waals surface area contributed by atoms with Crippen molar-refractivity contribution in [1.29, 1.82) is 0 Å². The summed E-state index contributed by atoms with van der Waals surface area (Å²) in [7, 11) is 0. The molecule has 0 aliphatic carbocycles. The number of para-hydroxylation sites is 1. The highest BCUT2D eigenvalue weighted by Crippen LogP contribution is 2.32. The zero-order valence-corrected chi connectivity index (χ0v) is 20.9. The van der Waals surface area contributed by atoms with Gasteiger partial charge in [0.05, 0.1) is 5.54 Å². The van der Waals surface area contributed by atoms with Crippen LogP contribution >= 0.6 is 23.2 Å². The van der Waals surface area contributed by atoms with Crippen molar-refractivity contribution in [2.24, 2.45) is 0 Å². The van der Waals surface area contributed by atoms with Gasteiger partial charge < -0.3 is 25.1 Å². The number of ether oxygens (including phenoxy) is 2. The molecule has 2 aromatic heterocycles. The standard InChI is InChI=1S/C23H29Cl2N5O3/c1-22(2,3)33-21(31)30-23(4,5)13-32-17-18(24)28-20(25)29-19(17)26-11-10-14-12-27-16-9-7-6-8-15(14)16/h6-9,12,27H,10-11,13H2,1-5H3,(H,30,31)(H,26,28,29). The van der Waals surface area contributed by atoms with Crippen LogP contribution in [-0.4, -0.2) is 45.3 Å². The molecule has 8 nitrogen and oxygen atoms in total. The molecule has 0 aliphatic heterocycles. The van der Waals surface area contributed by atoms with E-state index in [0.717, 1.165) is 11.9 Å². The lowest BCUT2D eigenvalue weighted by Gasteiger charge is -2.28. The van der Waals surface area contributed by atoms with E-state index in [1.165, 1.54) is 10.9 Å². The van der Waals surface area contributed by atoms with Crippen LogP contribution in [0.4, 0.5) is 10.6 Å². The lowest BCUT2D eigenvalue weighted by Crippen LogP contribution is -2.49. The third kappa shape index (κ3) is 7.14. The van der Waals surface area contributed by atoms with Crippen LogP contribution in [0.2, 0.25) is 10.4 Å². The zero-order valence-electron chi connectivity index (χ0n) is 19.4. The normalized spacial score (nSPS) is 12.0. The smallest absolute Gasteiger partial charge is 0.408 e. The lowest BCUT2D eigenvalue weighted by atomic mass is 10.1. The number of fused-ring (bicyclic) bond motifs is 1. The molecule has 0 saturated heterocycles. The second kappa shape index (κ2) is 10.1. The Labute approximate surface area is 203 Å². The Morgan fingerprint density at radius 1 is 1.12 bits per heavy atom. The number of amides is 1.